The molecule has 0 aliphatic heterocycles. The maximum absolute atomic E-state index is 12.4. The third kappa shape index (κ3) is 4.43. The molecule has 2 N–H and O–H groups in total. The number of aliphatic carboxylic acids is 1. The number of thioether (sulfide) groups is 1. The second kappa shape index (κ2) is 8.34. The Labute approximate surface area is 133 Å². The van der Waals surface area contributed by atoms with E-state index in [1.165, 1.54) is 16.4 Å². The lowest BCUT2D eigenvalue weighted by atomic mass is 10.2. The molecule has 0 aliphatic rings. The minimum absolute atomic E-state index is 0.00587. The monoisotopic (exact) mass is 325 g/mol. The third-order valence-corrected chi connectivity index (χ3v) is 3.55. The van der Waals surface area contributed by atoms with Crippen LogP contribution in [0, 0.1) is 19.3 Å². The number of carbonyl (C=O) groups excluding carboxylic acids is 1. The molecule has 1 atom stereocenters. The molecule has 0 radical (unpaired) electrons. The third-order valence-electron chi connectivity index (χ3n) is 2.90. The Bertz CT molecular complexity index is 592. The number of aryl methyl sites for hydroxylation is 2. The predicted octanol–water partition coefficient (Wildman–Crippen LogP) is 0.677. The number of ether oxygens (including phenoxy) is 1. The zero-order valence-electron chi connectivity index (χ0n) is 12.8. The second-order valence-corrected chi connectivity index (χ2v) is 5.51. The van der Waals surface area contributed by atoms with Crippen molar-refractivity contribution >= 4 is 23.6 Å². The predicted molar refractivity (Wildman–Crippen MR) is 84.2 cm³/mol. The average molecular weight is 325 g/mol. The van der Waals surface area contributed by atoms with Crippen LogP contribution in [0.4, 0.5) is 0 Å². The number of carboxylic acid groups (broad SMARTS) is 1. The van der Waals surface area contributed by atoms with Gasteiger partial charge in [-0.1, -0.05) is 5.92 Å². The van der Waals surface area contributed by atoms with E-state index in [0.29, 0.717) is 17.9 Å². The number of aromatic nitrogens is 2. The zero-order valence-corrected chi connectivity index (χ0v) is 13.6. The Balaban J connectivity index is 2.96. The van der Waals surface area contributed by atoms with Crippen molar-refractivity contribution in [3.63, 3.8) is 0 Å². The Morgan fingerprint density at radius 3 is 2.82 bits per heavy atom. The number of hydrogen-bond acceptors (Lipinski definition) is 5. The molecule has 7 nitrogen and oxygen atoms in total. The summed E-state index contributed by atoms with van der Waals surface area (Å²) in [5, 5.41) is 15.8. The molecule has 1 aromatic rings. The first-order valence-electron chi connectivity index (χ1n) is 6.54. The molecule has 22 heavy (non-hydrogen) atoms. The van der Waals surface area contributed by atoms with Crippen molar-refractivity contribution in [3.05, 3.63) is 11.3 Å². The van der Waals surface area contributed by atoms with E-state index in [2.05, 4.69) is 16.3 Å². The van der Waals surface area contributed by atoms with E-state index in [1.54, 1.807) is 14.0 Å². The number of carbonyl (C=O) groups is 2. The summed E-state index contributed by atoms with van der Waals surface area (Å²) in [4.78, 5) is 23.6. The molecule has 0 bridgehead atoms. The van der Waals surface area contributed by atoms with Crippen LogP contribution in [-0.2, 0) is 11.8 Å². The second-order valence-electron chi connectivity index (χ2n) is 4.53. The van der Waals surface area contributed by atoms with Crippen LogP contribution in [-0.4, -0.2) is 51.4 Å². The largest absolute Gasteiger partial charge is 0.480 e. The summed E-state index contributed by atoms with van der Waals surface area (Å²) in [6.07, 6.45) is 7.36. The number of carboxylic acids is 1. The molecular formula is C14H19N3O4S. The summed E-state index contributed by atoms with van der Waals surface area (Å²) in [5.74, 6) is 1.56. The molecule has 1 amide bonds. The lowest BCUT2D eigenvalue weighted by Crippen LogP contribution is -2.41. The van der Waals surface area contributed by atoms with Crippen molar-refractivity contribution in [2.75, 3.05) is 18.6 Å². The van der Waals surface area contributed by atoms with Crippen LogP contribution >= 0.6 is 11.8 Å². The standard InChI is InChI=1S/C14H19N3O4S/c1-5-7-21-13-11(9(2)16-17(13)3)12(18)15-10(14(19)20)6-8-22-4/h1,10H,6-8H2,2-4H3,(H,15,18)(H,19,20). The van der Waals surface area contributed by atoms with Crippen molar-refractivity contribution in [2.45, 2.75) is 19.4 Å². The highest BCUT2D eigenvalue weighted by Gasteiger charge is 2.26. The van der Waals surface area contributed by atoms with Gasteiger partial charge in [-0.25, -0.2) is 9.48 Å². The van der Waals surface area contributed by atoms with Gasteiger partial charge in [0.2, 0.25) is 5.88 Å². The van der Waals surface area contributed by atoms with Crippen molar-refractivity contribution in [3.8, 4) is 18.2 Å². The normalized spacial score (nSPS) is 11.5. The van der Waals surface area contributed by atoms with Gasteiger partial charge >= 0.3 is 5.97 Å². The summed E-state index contributed by atoms with van der Waals surface area (Å²) in [7, 11) is 1.62. The Morgan fingerprint density at radius 2 is 2.27 bits per heavy atom. The van der Waals surface area contributed by atoms with E-state index < -0.39 is 17.9 Å². The molecule has 0 aliphatic carbocycles. The Morgan fingerprint density at radius 1 is 1.59 bits per heavy atom. The first-order chi connectivity index (χ1) is 10.4. The molecule has 0 fully saturated rings. The highest BCUT2D eigenvalue weighted by molar-refractivity contribution is 7.98. The minimum atomic E-state index is -1.07. The van der Waals surface area contributed by atoms with Gasteiger partial charge in [0.1, 0.15) is 11.6 Å². The van der Waals surface area contributed by atoms with Gasteiger partial charge in [-0.3, -0.25) is 4.79 Å². The van der Waals surface area contributed by atoms with Crippen molar-refractivity contribution in [1.82, 2.24) is 15.1 Å². The van der Waals surface area contributed by atoms with Gasteiger partial charge in [-0.2, -0.15) is 16.9 Å². The van der Waals surface area contributed by atoms with Crippen LogP contribution in [0.25, 0.3) is 0 Å². The smallest absolute Gasteiger partial charge is 0.326 e. The van der Waals surface area contributed by atoms with E-state index in [9.17, 15) is 14.7 Å². The Hall–Kier alpha value is -2.14. The molecule has 0 saturated heterocycles. The molecule has 8 heteroatoms. The number of rotatable bonds is 8. The molecule has 120 valence electrons. The summed E-state index contributed by atoms with van der Waals surface area (Å²) in [6, 6.07) is -0.958. The molecule has 1 rings (SSSR count). The highest BCUT2D eigenvalue weighted by Crippen LogP contribution is 2.21. The van der Waals surface area contributed by atoms with Crippen LogP contribution in [0.5, 0.6) is 5.88 Å². The summed E-state index contributed by atoms with van der Waals surface area (Å²) in [6.45, 7) is 1.64. The average Bonchev–Trinajstić information content (AvgIpc) is 2.74. The molecule has 0 aromatic carbocycles. The summed E-state index contributed by atoms with van der Waals surface area (Å²) < 4.78 is 6.74. The van der Waals surface area contributed by atoms with Crippen LogP contribution in [0.1, 0.15) is 22.5 Å². The van der Waals surface area contributed by atoms with Gasteiger partial charge in [-0.05, 0) is 25.4 Å². The van der Waals surface area contributed by atoms with Crippen molar-refractivity contribution in [1.29, 1.82) is 0 Å². The zero-order chi connectivity index (χ0) is 16.7. The minimum Gasteiger partial charge on any atom is -0.480 e. The van der Waals surface area contributed by atoms with E-state index in [-0.39, 0.29) is 18.1 Å². The van der Waals surface area contributed by atoms with Crippen LogP contribution in [0.15, 0.2) is 0 Å². The molecular weight excluding hydrogens is 306 g/mol. The lowest BCUT2D eigenvalue weighted by Gasteiger charge is -2.14. The SMILES string of the molecule is C#CCOc1c(C(=O)NC(CCSC)C(=O)O)c(C)nn1C. The summed E-state index contributed by atoms with van der Waals surface area (Å²) in [5.41, 5.74) is 0.647. The fourth-order valence-corrected chi connectivity index (χ4v) is 2.37. The number of amides is 1. The van der Waals surface area contributed by atoms with E-state index in [0.717, 1.165) is 0 Å². The van der Waals surface area contributed by atoms with Gasteiger partial charge in [-0.15, -0.1) is 6.42 Å². The van der Waals surface area contributed by atoms with Crippen molar-refractivity contribution in [2.24, 2.45) is 7.05 Å². The van der Waals surface area contributed by atoms with E-state index in [4.69, 9.17) is 11.2 Å². The van der Waals surface area contributed by atoms with Gasteiger partial charge < -0.3 is 15.2 Å². The maximum Gasteiger partial charge on any atom is 0.326 e. The van der Waals surface area contributed by atoms with E-state index in [1.807, 2.05) is 6.26 Å². The fraction of sp³-hybridized carbons (Fsp3) is 0.500. The van der Waals surface area contributed by atoms with Gasteiger partial charge in [0.25, 0.3) is 5.91 Å². The number of nitrogens with zero attached hydrogens (tertiary/aromatic N) is 2. The molecule has 1 unspecified atom stereocenters. The number of terminal acetylenes is 1. The molecule has 1 heterocycles. The molecule has 0 saturated carbocycles. The highest BCUT2D eigenvalue weighted by atomic mass is 32.2. The topological polar surface area (TPSA) is 93.4 Å². The fourth-order valence-electron chi connectivity index (χ4n) is 1.90. The maximum atomic E-state index is 12.4. The van der Waals surface area contributed by atoms with Crippen LogP contribution < -0.4 is 10.1 Å². The van der Waals surface area contributed by atoms with Crippen molar-refractivity contribution < 1.29 is 19.4 Å². The molecule has 1 aromatic heterocycles. The molecule has 0 spiro atoms. The van der Waals surface area contributed by atoms with Gasteiger partial charge in [0.05, 0.1) is 5.69 Å². The first-order valence-corrected chi connectivity index (χ1v) is 7.94. The first kappa shape index (κ1) is 17.9. The van der Waals surface area contributed by atoms with Gasteiger partial charge in [0, 0.05) is 7.05 Å². The number of hydrogen-bond donors (Lipinski definition) is 2. The van der Waals surface area contributed by atoms with E-state index >= 15 is 0 Å². The van der Waals surface area contributed by atoms with Gasteiger partial charge in [0.15, 0.2) is 6.61 Å². The van der Waals surface area contributed by atoms with Crippen LogP contribution in [0.2, 0.25) is 0 Å². The summed E-state index contributed by atoms with van der Waals surface area (Å²) >= 11 is 1.51. The van der Waals surface area contributed by atoms with Crippen LogP contribution in [0.3, 0.4) is 0 Å². The lowest BCUT2D eigenvalue weighted by molar-refractivity contribution is -0.139. The quantitative estimate of drug-likeness (QED) is 0.683. The Kier molecular flexibility index (Phi) is 6.79. The number of nitrogens with one attached hydrogen (secondary N) is 1.